The molecule has 1 fully saturated rings. The Morgan fingerprint density at radius 2 is 1.88 bits per heavy atom. The quantitative estimate of drug-likeness (QED) is 0.803. The summed E-state index contributed by atoms with van der Waals surface area (Å²) < 4.78 is 13.5. The Labute approximate surface area is 139 Å². The molecule has 24 heavy (non-hydrogen) atoms. The van der Waals surface area contributed by atoms with Crippen LogP contribution < -0.4 is 4.90 Å². The van der Waals surface area contributed by atoms with Gasteiger partial charge in [0.25, 0.3) is 0 Å². The first-order valence-corrected chi connectivity index (χ1v) is 8.12. The number of rotatable bonds is 3. The van der Waals surface area contributed by atoms with Crippen LogP contribution >= 0.6 is 0 Å². The van der Waals surface area contributed by atoms with Crippen LogP contribution in [0.4, 0.5) is 10.3 Å². The Balaban J connectivity index is 1.52. The number of halogens is 1. The van der Waals surface area contributed by atoms with Gasteiger partial charge in [0, 0.05) is 42.7 Å². The number of nitrogens with one attached hydrogen (secondary N) is 1. The Kier molecular flexibility index (Phi) is 3.94. The average molecular weight is 323 g/mol. The monoisotopic (exact) mass is 323 g/mol. The van der Waals surface area contributed by atoms with Crippen LogP contribution in [0.5, 0.6) is 0 Å². The molecule has 5 nitrogen and oxygen atoms in total. The maximum Gasteiger partial charge on any atom is 0.225 e. The highest BCUT2D eigenvalue weighted by atomic mass is 19.1. The lowest BCUT2D eigenvalue weighted by atomic mass is 9.89. The van der Waals surface area contributed by atoms with Gasteiger partial charge in [-0.2, -0.15) is 5.10 Å². The fraction of sp³-hybridized carbons (Fsp3) is 0.278. The molecule has 0 bridgehead atoms. The lowest BCUT2D eigenvalue weighted by molar-refractivity contribution is 0.491. The molecule has 1 saturated heterocycles. The summed E-state index contributed by atoms with van der Waals surface area (Å²) in [5.74, 6) is 0.937. The summed E-state index contributed by atoms with van der Waals surface area (Å²) in [4.78, 5) is 10.8. The summed E-state index contributed by atoms with van der Waals surface area (Å²) in [7, 11) is 0. The van der Waals surface area contributed by atoms with E-state index in [4.69, 9.17) is 0 Å². The highest BCUT2D eigenvalue weighted by molar-refractivity contribution is 5.66. The Morgan fingerprint density at radius 3 is 2.62 bits per heavy atom. The van der Waals surface area contributed by atoms with Crippen molar-refractivity contribution < 1.29 is 4.39 Å². The van der Waals surface area contributed by atoms with Crippen LogP contribution in [0, 0.1) is 5.82 Å². The molecule has 0 spiro atoms. The summed E-state index contributed by atoms with van der Waals surface area (Å²) in [5.41, 5.74) is 2.95. The van der Waals surface area contributed by atoms with Crippen LogP contribution in [0.1, 0.15) is 24.5 Å². The first-order valence-electron chi connectivity index (χ1n) is 8.12. The lowest BCUT2D eigenvalue weighted by Crippen LogP contribution is -2.34. The van der Waals surface area contributed by atoms with Crippen molar-refractivity contribution >= 4 is 5.95 Å². The van der Waals surface area contributed by atoms with Gasteiger partial charge in [-0.15, -0.1) is 0 Å². The van der Waals surface area contributed by atoms with Gasteiger partial charge in [-0.1, -0.05) is 12.1 Å². The van der Waals surface area contributed by atoms with Crippen molar-refractivity contribution in [3.63, 3.8) is 0 Å². The van der Waals surface area contributed by atoms with E-state index < -0.39 is 0 Å². The summed E-state index contributed by atoms with van der Waals surface area (Å²) in [6.45, 7) is 1.80. The summed E-state index contributed by atoms with van der Waals surface area (Å²) in [6.07, 6.45) is 7.30. The van der Waals surface area contributed by atoms with E-state index in [0.29, 0.717) is 5.92 Å². The molecule has 0 radical (unpaired) electrons. The number of piperidine rings is 1. The van der Waals surface area contributed by atoms with Gasteiger partial charge in [0.1, 0.15) is 5.82 Å². The number of aromatic amines is 1. The summed E-state index contributed by atoms with van der Waals surface area (Å²) in [6, 6.07) is 8.50. The van der Waals surface area contributed by atoms with Crippen LogP contribution in [0.2, 0.25) is 0 Å². The maximum atomic E-state index is 13.5. The molecule has 3 heterocycles. The molecule has 0 unspecified atom stereocenters. The van der Waals surface area contributed by atoms with E-state index in [9.17, 15) is 4.39 Å². The van der Waals surface area contributed by atoms with Crippen molar-refractivity contribution in [2.24, 2.45) is 0 Å². The first-order chi connectivity index (χ1) is 11.8. The minimum absolute atomic E-state index is 0.226. The van der Waals surface area contributed by atoms with Crippen molar-refractivity contribution in [3.05, 3.63) is 60.4 Å². The molecule has 2 aromatic heterocycles. The molecule has 1 N–H and O–H groups in total. The van der Waals surface area contributed by atoms with E-state index in [0.717, 1.165) is 48.7 Å². The molecule has 122 valence electrons. The van der Waals surface area contributed by atoms with E-state index >= 15 is 0 Å². The Morgan fingerprint density at radius 1 is 1.08 bits per heavy atom. The van der Waals surface area contributed by atoms with E-state index in [1.54, 1.807) is 30.7 Å². The zero-order valence-electron chi connectivity index (χ0n) is 13.2. The fourth-order valence-electron chi connectivity index (χ4n) is 3.32. The number of hydrogen-bond acceptors (Lipinski definition) is 4. The van der Waals surface area contributed by atoms with Crippen molar-refractivity contribution in [1.29, 1.82) is 0 Å². The summed E-state index contributed by atoms with van der Waals surface area (Å²) >= 11 is 0. The zero-order valence-corrected chi connectivity index (χ0v) is 13.2. The number of hydrogen-bond donors (Lipinski definition) is 1. The maximum absolute atomic E-state index is 13.5. The topological polar surface area (TPSA) is 57.7 Å². The molecular weight excluding hydrogens is 305 g/mol. The average Bonchev–Trinajstić information content (AvgIpc) is 3.12. The Bertz CT molecular complexity index is 809. The van der Waals surface area contributed by atoms with Crippen LogP contribution in [0.15, 0.2) is 48.9 Å². The minimum Gasteiger partial charge on any atom is -0.341 e. The van der Waals surface area contributed by atoms with Crippen LogP contribution in [0.25, 0.3) is 11.1 Å². The molecule has 4 rings (SSSR count). The van der Waals surface area contributed by atoms with Crippen molar-refractivity contribution in [2.75, 3.05) is 18.0 Å². The van der Waals surface area contributed by atoms with Gasteiger partial charge in [0.05, 0.1) is 6.20 Å². The molecule has 0 aliphatic carbocycles. The highest BCUT2D eigenvalue weighted by Crippen LogP contribution is 2.34. The first kappa shape index (κ1) is 14.8. The second kappa shape index (κ2) is 6.39. The highest BCUT2D eigenvalue weighted by Gasteiger charge is 2.25. The van der Waals surface area contributed by atoms with E-state index in [1.807, 2.05) is 12.1 Å². The number of anilines is 1. The van der Waals surface area contributed by atoms with Gasteiger partial charge >= 0.3 is 0 Å². The van der Waals surface area contributed by atoms with E-state index in [-0.39, 0.29) is 5.82 Å². The summed E-state index contributed by atoms with van der Waals surface area (Å²) in [5, 5.41) is 7.32. The molecule has 1 aromatic carbocycles. The number of benzene rings is 1. The van der Waals surface area contributed by atoms with Gasteiger partial charge in [0.2, 0.25) is 5.95 Å². The molecule has 0 saturated carbocycles. The third kappa shape index (κ3) is 2.87. The normalized spacial score (nSPS) is 15.6. The second-order valence-corrected chi connectivity index (χ2v) is 6.02. The lowest BCUT2D eigenvalue weighted by Gasteiger charge is -2.31. The van der Waals surface area contributed by atoms with Crippen LogP contribution in [-0.2, 0) is 0 Å². The van der Waals surface area contributed by atoms with Crippen LogP contribution in [0.3, 0.4) is 0 Å². The molecule has 1 aliphatic rings. The van der Waals surface area contributed by atoms with Crippen molar-refractivity contribution in [2.45, 2.75) is 18.8 Å². The fourth-order valence-corrected chi connectivity index (χ4v) is 3.32. The van der Waals surface area contributed by atoms with Gasteiger partial charge < -0.3 is 4.90 Å². The number of aromatic nitrogens is 4. The zero-order chi connectivity index (χ0) is 16.4. The predicted octanol–water partition coefficient (Wildman–Crippen LogP) is 3.39. The second-order valence-electron chi connectivity index (χ2n) is 6.02. The molecule has 0 atom stereocenters. The molecule has 3 aromatic rings. The van der Waals surface area contributed by atoms with E-state index in [2.05, 4.69) is 25.1 Å². The van der Waals surface area contributed by atoms with Crippen molar-refractivity contribution in [1.82, 2.24) is 20.2 Å². The Hall–Kier alpha value is -2.76. The van der Waals surface area contributed by atoms with Gasteiger partial charge in [-0.3, -0.25) is 5.10 Å². The molecular formula is C18H18FN5. The van der Waals surface area contributed by atoms with Crippen LogP contribution in [-0.4, -0.2) is 33.3 Å². The predicted molar refractivity (Wildman–Crippen MR) is 90.2 cm³/mol. The number of H-pyrrole nitrogens is 1. The van der Waals surface area contributed by atoms with Crippen molar-refractivity contribution in [3.8, 4) is 11.1 Å². The number of nitrogens with zero attached hydrogens (tertiary/aromatic N) is 4. The van der Waals surface area contributed by atoms with Gasteiger partial charge in [-0.25, -0.2) is 14.4 Å². The standard InChI is InChI=1S/C18H18FN5/c19-15-4-1-3-14(11-15)16-12-22-23-17(16)13-5-9-24(10-6-13)18-20-7-2-8-21-18/h1-4,7-8,11-13H,5-6,9-10H2,(H,22,23). The van der Waals surface area contributed by atoms with Gasteiger partial charge in [0.15, 0.2) is 0 Å². The SMILES string of the molecule is Fc1cccc(-c2cn[nH]c2C2CCN(c3ncccn3)CC2)c1. The smallest absolute Gasteiger partial charge is 0.225 e. The van der Waals surface area contributed by atoms with Gasteiger partial charge in [-0.05, 0) is 36.6 Å². The van der Waals surface area contributed by atoms with E-state index in [1.165, 1.54) is 6.07 Å². The molecule has 0 amide bonds. The largest absolute Gasteiger partial charge is 0.341 e. The third-order valence-corrected chi connectivity index (χ3v) is 4.54. The minimum atomic E-state index is -0.226. The molecule has 1 aliphatic heterocycles. The molecule has 6 heteroatoms. The third-order valence-electron chi connectivity index (χ3n) is 4.54.